The first-order valence-corrected chi connectivity index (χ1v) is 5.55. The van der Waals surface area contributed by atoms with Crippen LogP contribution in [0.4, 0.5) is 19.0 Å². The monoisotopic (exact) mass is 268 g/mol. The Labute approximate surface area is 107 Å². The average Bonchev–Trinajstić information content (AvgIpc) is 2.42. The summed E-state index contributed by atoms with van der Waals surface area (Å²) in [7, 11) is 0. The van der Waals surface area contributed by atoms with Gasteiger partial charge >= 0.3 is 0 Å². The van der Waals surface area contributed by atoms with Crippen molar-refractivity contribution in [2.24, 2.45) is 0 Å². The fourth-order valence-electron chi connectivity index (χ4n) is 1.63. The van der Waals surface area contributed by atoms with E-state index in [0.717, 1.165) is 0 Å². The Morgan fingerprint density at radius 1 is 1.11 bits per heavy atom. The van der Waals surface area contributed by atoms with Crippen LogP contribution in [-0.2, 0) is 0 Å². The summed E-state index contributed by atoms with van der Waals surface area (Å²) in [5.74, 6) is -4.22. The SMILES string of the molecule is OCC(Nc1nc(F)c(F)cc1F)c1ccccc1. The van der Waals surface area contributed by atoms with Crippen molar-refractivity contribution in [1.29, 1.82) is 0 Å². The molecule has 0 aliphatic rings. The molecule has 0 amide bonds. The topological polar surface area (TPSA) is 45.1 Å². The Balaban J connectivity index is 2.26. The fraction of sp³-hybridized carbons (Fsp3) is 0.154. The molecule has 0 fully saturated rings. The van der Waals surface area contributed by atoms with E-state index in [-0.39, 0.29) is 6.61 Å². The van der Waals surface area contributed by atoms with E-state index in [4.69, 9.17) is 0 Å². The van der Waals surface area contributed by atoms with E-state index >= 15 is 0 Å². The number of hydrogen-bond acceptors (Lipinski definition) is 3. The van der Waals surface area contributed by atoms with Crippen molar-refractivity contribution in [3.63, 3.8) is 0 Å². The number of aromatic nitrogens is 1. The molecule has 2 N–H and O–H groups in total. The molecular weight excluding hydrogens is 257 g/mol. The van der Waals surface area contributed by atoms with Crippen molar-refractivity contribution < 1.29 is 18.3 Å². The molecule has 0 bridgehead atoms. The largest absolute Gasteiger partial charge is 0.394 e. The van der Waals surface area contributed by atoms with Crippen molar-refractivity contribution in [3.05, 3.63) is 59.5 Å². The highest BCUT2D eigenvalue weighted by Crippen LogP contribution is 2.21. The molecule has 2 rings (SSSR count). The molecule has 0 aliphatic carbocycles. The molecule has 0 aliphatic heterocycles. The third-order valence-electron chi connectivity index (χ3n) is 2.58. The summed E-state index contributed by atoms with van der Waals surface area (Å²) in [6.07, 6.45) is 0. The van der Waals surface area contributed by atoms with Gasteiger partial charge in [-0.1, -0.05) is 30.3 Å². The van der Waals surface area contributed by atoms with Crippen LogP contribution >= 0.6 is 0 Å². The number of aliphatic hydroxyl groups is 1. The molecule has 3 nitrogen and oxygen atoms in total. The average molecular weight is 268 g/mol. The molecule has 0 saturated heterocycles. The van der Waals surface area contributed by atoms with Gasteiger partial charge in [-0.3, -0.25) is 0 Å². The highest BCUT2D eigenvalue weighted by molar-refractivity contribution is 5.40. The predicted molar refractivity (Wildman–Crippen MR) is 64.0 cm³/mol. The van der Waals surface area contributed by atoms with Gasteiger partial charge in [-0.15, -0.1) is 0 Å². The van der Waals surface area contributed by atoms with Crippen LogP contribution in [0, 0.1) is 17.6 Å². The Bertz CT molecular complexity index is 563. The molecule has 1 aromatic carbocycles. The second-order valence-corrected chi connectivity index (χ2v) is 3.88. The normalized spacial score (nSPS) is 12.2. The third kappa shape index (κ3) is 3.03. The van der Waals surface area contributed by atoms with Gasteiger partial charge in [-0.05, 0) is 5.56 Å². The van der Waals surface area contributed by atoms with E-state index in [1.807, 2.05) is 0 Å². The van der Waals surface area contributed by atoms with E-state index < -0.39 is 29.4 Å². The van der Waals surface area contributed by atoms with Crippen LogP contribution in [-0.4, -0.2) is 16.7 Å². The number of aliphatic hydroxyl groups excluding tert-OH is 1. The maximum absolute atomic E-state index is 13.4. The van der Waals surface area contributed by atoms with Crippen LogP contribution in [0.2, 0.25) is 0 Å². The number of anilines is 1. The zero-order valence-electron chi connectivity index (χ0n) is 9.78. The van der Waals surface area contributed by atoms with Gasteiger partial charge in [0.05, 0.1) is 12.6 Å². The van der Waals surface area contributed by atoms with Gasteiger partial charge in [-0.25, -0.2) is 8.78 Å². The van der Waals surface area contributed by atoms with E-state index in [1.165, 1.54) is 0 Å². The summed E-state index contributed by atoms with van der Waals surface area (Å²) < 4.78 is 39.1. The van der Waals surface area contributed by atoms with Crippen molar-refractivity contribution in [2.75, 3.05) is 11.9 Å². The van der Waals surface area contributed by atoms with Gasteiger partial charge < -0.3 is 10.4 Å². The highest BCUT2D eigenvalue weighted by Gasteiger charge is 2.16. The molecule has 0 spiro atoms. The smallest absolute Gasteiger partial charge is 0.251 e. The maximum Gasteiger partial charge on any atom is 0.251 e. The number of pyridine rings is 1. The summed E-state index contributed by atoms with van der Waals surface area (Å²) in [6.45, 7) is -0.343. The quantitative estimate of drug-likeness (QED) is 0.838. The van der Waals surface area contributed by atoms with Gasteiger partial charge in [-0.2, -0.15) is 9.37 Å². The van der Waals surface area contributed by atoms with Gasteiger partial charge in [0.2, 0.25) is 0 Å². The van der Waals surface area contributed by atoms with Crippen molar-refractivity contribution >= 4 is 5.82 Å². The van der Waals surface area contributed by atoms with E-state index in [2.05, 4.69) is 10.3 Å². The molecule has 19 heavy (non-hydrogen) atoms. The minimum Gasteiger partial charge on any atom is -0.394 e. The number of halogens is 3. The third-order valence-corrected chi connectivity index (χ3v) is 2.58. The molecule has 1 aromatic heterocycles. The van der Waals surface area contributed by atoms with Crippen LogP contribution in [0.25, 0.3) is 0 Å². The van der Waals surface area contributed by atoms with E-state index in [0.29, 0.717) is 11.6 Å². The molecule has 0 saturated carbocycles. The van der Waals surface area contributed by atoms with Gasteiger partial charge in [0.15, 0.2) is 17.5 Å². The van der Waals surface area contributed by atoms with Crippen LogP contribution in [0.15, 0.2) is 36.4 Å². The summed E-state index contributed by atoms with van der Waals surface area (Å²) in [6, 6.07) is 8.45. The van der Waals surface area contributed by atoms with E-state index in [9.17, 15) is 18.3 Å². The van der Waals surface area contributed by atoms with Crippen molar-refractivity contribution in [2.45, 2.75) is 6.04 Å². The molecule has 100 valence electrons. The van der Waals surface area contributed by atoms with Gasteiger partial charge in [0.25, 0.3) is 5.95 Å². The van der Waals surface area contributed by atoms with E-state index in [1.54, 1.807) is 30.3 Å². The molecule has 6 heteroatoms. The molecule has 0 radical (unpaired) electrons. The molecular formula is C13H11F3N2O. The Kier molecular flexibility index (Phi) is 4.01. The summed E-state index contributed by atoms with van der Waals surface area (Å²) in [5.41, 5.74) is 0.677. The molecule has 1 heterocycles. The lowest BCUT2D eigenvalue weighted by Gasteiger charge is -2.17. The molecule has 2 aromatic rings. The first kappa shape index (κ1) is 13.4. The van der Waals surface area contributed by atoms with Crippen LogP contribution in [0.1, 0.15) is 11.6 Å². The fourth-order valence-corrected chi connectivity index (χ4v) is 1.63. The number of nitrogens with one attached hydrogen (secondary N) is 1. The summed E-state index contributed by atoms with van der Waals surface area (Å²) in [4.78, 5) is 3.15. The van der Waals surface area contributed by atoms with Crippen LogP contribution in [0.3, 0.4) is 0 Å². The lowest BCUT2D eigenvalue weighted by atomic mass is 10.1. The molecule has 1 atom stereocenters. The summed E-state index contributed by atoms with van der Waals surface area (Å²) in [5, 5.41) is 11.8. The number of hydrogen-bond donors (Lipinski definition) is 2. The van der Waals surface area contributed by atoms with Gasteiger partial charge in [0, 0.05) is 6.07 Å². The summed E-state index contributed by atoms with van der Waals surface area (Å²) >= 11 is 0. The Hall–Kier alpha value is -2.08. The first-order chi connectivity index (χ1) is 9.11. The zero-order valence-corrected chi connectivity index (χ0v) is 9.78. The Morgan fingerprint density at radius 3 is 2.42 bits per heavy atom. The zero-order chi connectivity index (χ0) is 13.8. The number of benzene rings is 1. The number of rotatable bonds is 4. The lowest BCUT2D eigenvalue weighted by Crippen LogP contribution is -2.17. The predicted octanol–water partition coefficient (Wildman–Crippen LogP) is 2.64. The van der Waals surface area contributed by atoms with Crippen LogP contribution in [0.5, 0.6) is 0 Å². The minimum atomic E-state index is -1.39. The first-order valence-electron chi connectivity index (χ1n) is 5.55. The second-order valence-electron chi connectivity index (χ2n) is 3.88. The van der Waals surface area contributed by atoms with Crippen molar-refractivity contribution in [1.82, 2.24) is 4.98 Å². The van der Waals surface area contributed by atoms with Gasteiger partial charge in [0.1, 0.15) is 0 Å². The van der Waals surface area contributed by atoms with Crippen LogP contribution < -0.4 is 5.32 Å². The number of nitrogens with zero attached hydrogens (tertiary/aromatic N) is 1. The standard InChI is InChI=1S/C13H11F3N2O/c14-9-6-10(15)13(18-12(9)16)17-11(7-19)8-4-2-1-3-5-8/h1-6,11,19H,7H2,(H,17,18). The Morgan fingerprint density at radius 2 is 1.79 bits per heavy atom. The highest BCUT2D eigenvalue weighted by atomic mass is 19.2. The second kappa shape index (κ2) is 5.71. The lowest BCUT2D eigenvalue weighted by molar-refractivity contribution is 0.275. The van der Waals surface area contributed by atoms with Crippen molar-refractivity contribution in [3.8, 4) is 0 Å². The molecule has 1 unspecified atom stereocenters. The minimum absolute atomic E-state index is 0.343. The maximum atomic E-state index is 13.4.